The number of aliphatic hydroxyl groups excluding tert-OH is 1. The van der Waals surface area contributed by atoms with E-state index in [1.54, 1.807) is 11.8 Å². The molecule has 114 valence electrons. The number of aromatic nitrogens is 4. The molecule has 8 heteroatoms. The Morgan fingerprint density at radius 2 is 2.29 bits per heavy atom. The lowest BCUT2D eigenvalue weighted by Crippen LogP contribution is -2.24. The summed E-state index contributed by atoms with van der Waals surface area (Å²) in [4.78, 5) is 10.5. The summed E-state index contributed by atoms with van der Waals surface area (Å²) in [5, 5.41) is 17.2. The first kappa shape index (κ1) is 14.6. The number of nitrogens with zero attached hydrogens (tertiary/aromatic N) is 4. The van der Waals surface area contributed by atoms with Gasteiger partial charge in [-0.25, -0.2) is 9.97 Å². The minimum atomic E-state index is -0.214. The van der Waals surface area contributed by atoms with Crippen LogP contribution in [0.1, 0.15) is 5.69 Å². The minimum absolute atomic E-state index is 0.214. The largest absolute Gasteiger partial charge is 0.391 e. The molecular weight excluding hydrogens is 288 g/mol. The lowest BCUT2D eigenvalue weighted by molar-refractivity contribution is 0.150. The quantitative estimate of drug-likeness (QED) is 0.721. The molecule has 21 heavy (non-hydrogen) atoms. The van der Waals surface area contributed by atoms with Gasteiger partial charge in [0.1, 0.15) is 11.8 Å². The molecule has 1 saturated heterocycles. The molecule has 0 amide bonds. The average Bonchev–Trinajstić information content (AvgIpc) is 3.03. The number of aromatic amines is 1. The van der Waals surface area contributed by atoms with Crippen LogP contribution < -0.4 is 5.73 Å². The summed E-state index contributed by atoms with van der Waals surface area (Å²) in [7, 11) is 0. The number of likely N-dealkylation sites (tertiary alicyclic amines) is 1. The summed E-state index contributed by atoms with van der Waals surface area (Å²) in [5.41, 5.74) is 8.18. The average molecular weight is 308 g/mol. The van der Waals surface area contributed by atoms with Gasteiger partial charge in [0.2, 0.25) is 0 Å². The molecule has 1 fully saturated rings. The van der Waals surface area contributed by atoms with Gasteiger partial charge in [-0.1, -0.05) is 0 Å². The van der Waals surface area contributed by atoms with Crippen molar-refractivity contribution in [2.75, 3.05) is 37.4 Å². The summed E-state index contributed by atoms with van der Waals surface area (Å²) >= 11 is 1.79. The first-order valence-electron chi connectivity index (χ1n) is 7.01. The number of nitrogens with one attached hydrogen (secondary N) is 1. The zero-order valence-corrected chi connectivity index (χ0v) is 12.8. The smallest absolute Gasteiger partial charge is 0.155 e. The number of hydrogen-bond donors (Lipinski definition) is 3. The third kappa shape index (κ3) is 2.97. The van der Waals surface area contributed by atoms with Crippen molar-refractivity contribution < 1.29 is 5.11 Å². The SMILES string of the molecule is CSC[C@H]1CN(CCc2[nH]nc3c(N)ncnc23)C[C@@H]1O. The highest BCUT2D eigenvalue weighted by molar-refractivity contribution is 7.98. The van der Waals surface area contributed by atoms with E-state index in [0.717, 1.165) is 43.0 Å². The lowest BCUT2D eigenvalue weighted by atomic mass is 10.1. The number of β-amino-alcohol motifs (C(OH)–C–C–N with tert-alkyl or cyclic N) is 1. The van der Waals surface area contributed by atoms with Crippen LogP contribution in [0.2, 0.25) is 0 Å². The molecule has 2 aromatic heterocycles. The summed E-state index contributed by atoms with van der Waals surface area (Å²) in [6, 6.07) is 0. The number of aliphatic hydroxyl groups is 1. The van der Waals surface area contributed by atoms with E-state index in [4.69, 9.17) is 5.73 Å². The number of H-pyrrole nitrogens is 1. The summed E-state index contributed by atoms with van der Waals surface area (Å²) < 4.78 is 0. The molecule has 0 spiro atoms. The number of nitrogens with two attached hydrogens (primary N) is 1. The van der Waals surface area contributed by atoms with Gasteiger partial charge < -0.3 is 10.8 Å². The topological polar surface area (TPSA) is 104 Å². The molecule has 0 unspecified atom stereocenters. The van der Waals surface area contributed by atoms with E-state index in [1.807, 2.05) is 0 Å². The van der Waals surface area contributed by atoms with Crippen molar-refractivity contribution in [1.29, 1.82) is 0 Å². The Bertz CT molecular complexity index is 618. The maximum Gasteiger partial charge on any atom is 0.155 e. The van der Waals surface area contributed by atoms with Crippen LogP contribution in [0.3, 0.4) is 0 Å². The Hall–Kier alpha value is -1.38. The number of thioether (sulfide) groups is 1. The number of fused-ring (bicyclic) bond motifs is 1. The molecule has 2 atom stereocenters. The van der Waals surface area contributed by atoms with Gasteiger partial charge in [-0.05, 0) is 12.0 Å². The monoisotopic (exact) mass is 308 g/mol. The molecule has 0 aromatic carbocycles. The van der Waals surface area contributed by atoms with Crippen molar-refractivity contribution in [2.24, 2.45) is 5.92 Å². The number of hydrogen-bond acceptors (Lipinski definition) is 7. The molecule has 1 aliphatic heterocycles. The fraction of sp³-hybridized carbons (Fsp3) is 0.615. The zero-order valence-electron chi connectivity index (χ0n) is 12.0. The molecule has 7 nitrogen and oxygen atoms in total. The van der Waals surface area contributed by atoms with Crippen LogP contribution in [0.4, 0.5) is 5.82 Å². The maximum atomic E-state index is 10.0. The highest BCUT2D eigenvalue weighted by atomic mass is 32.2. The van der Waals surface area contributed by atoms with Crippen LogP contribution in [-0.4, -0.2) is 67.9 Å². The van der Waals surface area contributed by atoms with E-state index >= 15 is 0 Å². The summed E-state index contributed by atoms with van der Waals surface area (Å²) in [5.74, 6) is 1.78. The fourth-order valence-corrected chi connectivity index (χ4v) is 3.60. The normalized spacial score (nSPS) is 23.1. The number of rotatable bonds is 5. The molecule has 3 heterocycles. The molecule has 0 radical (unpaired) electrons. The molecule has 3 rings (SSSR count). The van der Waals surface area contributed by atoms with Crippen molar-refractivity contribution in [3.8, 4) is 0 Å². The molecule has 0 aliphatic carbocycles. The van der Waals surface area contributed by atoms with Crippen LogP contribution in [0.15, 0.2) is 6.33 Å². The van der Waals surface area contributed by atoms with Crippen LogP contribution in [0.25, 0.3) is 11.0 Å². The van der Waals surface area contributed by atoms with E-state index in [0.29, 0.717) is 17.3 Å². The molecule has 0 saturated carbocycles. The second kappa shape index (κ2) is 6.17. The minimum Gasteiger partial charge on any atom is -0.391 e. The van der Waals surface area contributed by atoms with E-state index in [1.165, 1.54) is 6.33 Å². The molecular formula is C13H20N6OS. The Labute approximate surface area is 127 Å². The molecule has 2 aromatic rings. The zero-order chi connectivity index (χ0) is 14.8. The second-order valence-electron chi connectivity index (χ2n) is 5.45. The Balaban J connectivity index is 1.64. The predicted octanol–water partition coefficient (Wildman–Crippen LogP) is 0.133. The lowest BCUT2D eigenvalue weighted by Gasteiger charge is -2.14. The highest BCUT2D eigenvalue weighted by Gasteiger charge is 2.30. The summed E-state index contributed by atoms with van der Waals surface area (Å²) in [6.07, 6.45) is 4.14. The second-order valence-corrected chi connectivity index (χ2v) is 6.36. The van der Waals surface area contributed by atoms with Gasteiger partial charge in [-0.3, -0.25) is 10.00 Å². The summed E-state index contributed by atoms with van der Waals surface area (Å²) in [6.45, 7) is 2.57. The van der Waals surface area contributed by atoms with E-state index in [9.17, 15) is 5.11 Å². The highest BCUT2D eigenvalue weighted by Crippen LogP contribution is 2.22. The van der Waals surface area contributed by atoms with Gasteiger partial charge in [-0.15, -0.1) is 0 Å². The van der Waals surface area contributed by atoms with Gasteiger partial charge in [0, 0.05) is 32.0 Å². The van der Waals surface area contributed by atoms with Crippen molar-refractivity contribution >= 4 is 28.6 Å². The van der Waals surface area contributed by atoms with Crippen LogP contribution in [0.5, 0.6) is 0 Å². The van der Waals surface area contributed by atoms with Gasteiger partial charge in [0.15, 0.2) is 11.3 Å². The van der Waals surface area contributed by atoms with Crippen LogP contribution in [0, 0.1) is 5.92 Å². The molecule has 0 bridgehead atoms. The van der Waals surface area contributed by atoms with Gasteiger partial charge >= 0.3 is 0 Å². The van der Waals surface area contributed by atoms with Crippen LogP contribution in [-0.2, 0) is 6.42 Å². The van der Waals surface area contributed by atoms with Gasteiger partial charge in [0.05, 0.1) is 11.8 Å². The third-order valence-electron chi connectivity index (χ3n) is 3.98. The maximum absolute atomic E-state index is 10.0. The fourth-order valence-electron chi connectivity index (χ4n) is 2.85. The predicted molar refractivity (Wildman–Crippen MR) is 84.1 cm³/mol. The van der Waals surface area contributed by atoms with Crippen molar-refractivity contribution in [2.45, 2.75) is 12.5 Å². The van der Waals surface area contributed by atoms with Crippen molar-refractivity contribution in [3.05, 3.63) is 12.0 Å². The first-order chi connectivity index (χ1) is 10.2. The van der Waals surface area contributed by atoms with Crippen LogP contribution >= 0.6 is 11.8 Å². The van der Waals surface area contributed by atoms with Crippen molar-refractivity contribution in [3.63, 3.8) is 0 Å². The first-order valence-corrected chi connectivity index (χ1v) is 8.41. The molecule has 1 aliphatic rings. The molecule has 4 N–H and O–H groups in total. The Kier molecular flexibility index (Phi) is 4.27. The van der Waals surface area contributed by atoms with Gasteiger partial charge in [0.25, 0.3) is 0 Å². The Morgan fingerprint density at radius 1 is 1.43 bits per heavy atom. The third-order valence-corrected chi connectivity index (χ3v) is 4.74. The van der Waals surface area contributed by atoms with E-state index in [2.05, 4.69) is 31.3 Å². The van der Waals surface area contributed by atoms with E-state index < -0.39 is 0 Å². The Morgan fingerprint density at radius 3 is 3.10 bits per heavy atom. The van der Waals surface area contributed by atoms with Crippen molar-refractivity contribution in [1.82, 2.24) is 25.1 Å². The number of anilines is 1. The van der Waals surface area contributed by atoms with E-state index in [-0.39, 0.29) is 6.10 Å². The standard InChI is InChI=1S/C13H20N6OS/c1-21-6-8-4-19(5-10(8)20)3-2-9-11-12(18-17-9)13(14)16-7-15-11/h7-8,10,20H,2-6H2,1H3,(H,17,18)(H2,14,15,16)/t8-,10+/m1/s1. The number of nitrogen functional groups attached to an aromatic ring is 1. The van der Waals surface area contributed by atoms with Gasteiger partial charge in [-0.2, -0.15) is 16.9 Å².